The van der Waals surface area contributed by atoms with Gasteiger partial charge in [0.1, 0.15) is 0 Å². The molecule has 0 aliphatic heterocycles. The molecule has 5 unspecified atom stereocenters. The number of halogens is 2. The van der Waals surface area contributed by atoms with E-state index >= 15 is 0 Å². The molecule has 1 aromatic heterocycles. The number of thiophene rings is 1. The summed E-state index contributed by atoms with van der Waals surface area (Å²) in [6, 6.07) is 14.3. The summed E-state index contributed by atoms with van der Waals surface area (Å²) in [5, 5.41) is 7.62. The summed E-state index contributed by atoms with van der Waals surface area (Å²) in [7, 11) is 0. The maximum absolute atomic E-state index is 2.76. The van der Waals surface area contributed by atoms with Crippen LogP contribution >= 0.6 is 11.3 Å². The number of hydrogen-bond acceptors (Lipinski definition) is 1. The van der Waals surface area contributed by atoms with Crippen LogP contribution in [0.4, 0.5) is 0 Å². The van der Waals surface area contributed by atoms with Gasteiger partial charge in [-0.3, -0.25) is 0 Å². The molecule has 3 aromatic carbocycles. The van der Waals surface area contributed by atoms with E-state index in [1.165, 1.54) is 38.6 Å². The van der Waals surface area contributed by atoms with E-state index in [4.69, 9.17) is 0 Å². The van der Waals surface area contributed by atoms with Gasteiger partial charge in [0.15, 0.2) is 0 Å². The number of allylic oxidation sites excluding steroid dienone is 4. The van der Waals surface area contributed by atoms with E-state index in [1.54, 1.807) is 36.6 Å². The Balaban J connectivity index is 0.00000200. The third kappa shape index (κ3) is 4.78. The average Bonchev–Trinajstić information content (AvgIpc) is 3.73. The van der Waals surface area contributed by atoms with Crippen molar-refractivity contribution in [1.82, 2.24) is 0 Å². The molecule has 0 fully saturated rings. The van der Waals surface area contributed by atoms with Gasteiger partial charge in [0.25, 0.3) is 0 Å². The van der Waals surface area contributed by atoms with Gasteiger partial charge in [0, 0.05) is 0 Å². The first-order chi connectivity index (χ1) is 20.5. The van der Waals surface area contributed by atoms with E-state index in [9.17, 15) is 0 Å². The topological polar surface area (TPSA) is 0 Å². The Morgan fingerprint density at radius 3 is 2.22 bits per heavy atom. The molecular formula is C41H46Cl2SZr. The van der Waals surface area contributed by atoms with Crippen LogP contribution in [0.1, 0.15) is 111 Å². The Labute approximate surface area is 295 Å². The molecule has 3 aliphatic carbocycles. The molecule has 5 atom stereocenters. The van der Waals surface area contributed by atoms with Crippen molar-refractivity contribution >= 4 is 30.9 Å². The second-order valence-electron chi connectivity index (χ2n) is 14.3. The Bertz CT molecular complexity index is 1920. The molecule has 0 bridgehead atoms. The van der Waals surface area contributed by atoms with E-state index < -0.39 is 21.3 Å². The molecule has 0 N–H and O–H groups in total. The van der Waals surface area contributed by atoms with Crippen molar-refractivity contribution in [2.75, 3.05) is 0 Å². The zero-order valence-corrected chi connectivity index (χ0v) is 33.2. The molecule has 234 valence electrons. The molecule has 0 spiro atoms. The molecule has 45 heavy (non-hydrogen) atoms. The summed E-state index contributed by atoms with van der Waals surface area (Å²) in [6.07, 6.45) is 6.06. The number of aryl methyl sites for hydroxylation is 1. The minimum Gasteiger partial charge on any atom is -1.00 e. The van der Waals surface area contributed by atoms with Crippen molar-refractivity contribution in [2.45, 2.75) is 90.6 Å². The molecule has 3 aliphatic rings. The predicted molar refractivity (Wildman–Crippen MR) is 187 cm³/mol. The molecule has 4 aromatic rings. The minimum absolute atomic E-state index is 0. The smallest absolute Gasteiger partial charge is 1.00 e. The molecule has 4 heteroatoms. The van der Waals surface area contributed by atoms with E-state index in [-0.39, 0.29) is 27.9 Å². The molecule has 7 rings (SSSR count). The van der Waals surface area contributed by atoms with Crippen molar-refractivity contribution < 1.29 is 46.1 Å². The third-order valence-electron chi connectivity index (χ3n) is 12.2. The van der Waals surface area contributed by atoms with Gasteiger partial charge in [-0.2, -0.15) is 0 Å². The van der Waals surface area contributed by atoms with Gasteiger partial charge >= 0.3 is 273 Å². The van der Waals surface area contributed by atoms with Crippen LogP contribution in [0, 0.1) is 32.6 Å². The van der Waals surface area contributed by atoms with Crippen LogP contribution in [0.5, 0.6) is 0 Å². The maximum Gasteiger partial charge on any atom is -1.00 e. The number of rotatable bonds is 3. The van der Waals surface area contributed by atoms with Crippen LogP contribution in [0.15, 0.2) is 62.6 Å². The van der Waals surface area contributed by atoms with Crippen molar-refractivity contribution in [2.24, 2.45) is 11.8 Å². The zero-order chi connectivity index (χ0) is 30.5. The maximum atomic E-state index is 2.76. The van der Waals surface area contributed by atoms with Gasteiger partial charge in [0.05, 0.1) is 0 Å². The molecule has 0 nitrogen and oxygen atoms in total. The fourth-order valence-electron chi connectivity index (χ4n) is 9.62. The predicted octanol–water partition coefficient (Wildman–Crippen LogP) is 5.77. The Hall–Kier alpha value is -1.57. The van der Waals surface area contributed by atoms with Crippen molar-refractivity contribution in [1.29, 1.82) is 0 Å². The number of hydrogen-bond donors (Lipinski definition) is 0. The molecule has 0 saturated heterocycles. The van der Waals surface area contributed by atoms with Gasteiger partial charge < -0.3 is 24.8 Å². The Morgan fingerprint density at radius 2 is 1.58 bits per heavy atom. The van der Waals surface area contributed by atoms with Crippen LogP contribution in [0.3, 0.4) is 0 Å². The average molecular weight is 733 g/mol. The fraction of sp³-hybridized carbons (Fsp3) is 0.390. The summed E-state index contributed by atoms with van der Waals surface area (Å²) in [5.74, 6) is 2.17. The van der Waals surface area contributed by atoms with E-state index in [0.29, 0.717) is 23.7 Å². The number of benzene rings is 3. The standard InChI is InChI=1S/C29H33.C9H7S.C3H6.2ClH.Zr/c1-14-13-24-25(18(5)15(14)2)21(8)28-27-20(7)17(4)16(3)19(6)26(27)22-11-9-10-12-23(22)29(24)28;1-2-4-8(3-1)9-5-6-10-7-9;1-3-2;;;/h9-13,16-17,19,21H,1-8H3;1,3,5-7H,2H2;1-2H3;2*1H;/q;;;;;+2/p-2. The van der Waals surface area contributed by atoms with E-state index in [0.717, 1.165) is 6.42 Å². The first-order valence-electron chi connectivity index (χ1n) is 16.3. The van der Waals surface area contributed by atoms with Crippen molar-refractivity contribution in [3.05, 3.63) is 107 Å². The monoisotopic (exact) mass is 730 g/mol. The van der Waals surface area contributed by atoms with Gasteiger partial charge in [-0.15, -0.1) is 0 Å². The van der Waals surface area contributed by atoms with Crippen LogP contribution in [-0.4, -0.2) is 3.21 Å². The quantitative estimate of drug-likeness (QED) is 0.251. The molecular weight excluding hydrogens is 687 g/mol. The van der Waals surface area contributed by atoms with Crippen molar-refractivity contribution in [3.8, 4) is 11.1 Å². The van der Waals surface area contributed by atoms with E-state index in [1.807, 2.05) is 14.6 Å². The molecule has 0 radical (unpaired) electrons. The van der Waals surface area contributed by atoms with Gasteiger partial charge in [0.2, 0.25) is 0 Å². The number of fused-ring (bicyclic) bond motifs is 8. The summed E-state index contributed by atoms with van der Waals surface area (Å²) in [5.41, 5.74) is 17.1. The molecule has 0 saturated carbocycles. The first-order valence-corrected chi connectivity index (χ1v) is 20.9. The third-order valence-corrected chi connectivity index (χ3v) is 22.3. The van der Waals surface area contributed by atoms with Crippen molar-refractivity contribution in [3.63, 3.8) is 0 Å². The van der Waals surface area contributed by atoms with Crippen LogP contribution in [0.2, 0.25) is 0 Å². The second kappa shape index (κ2) is 12.5. The Kier molecular flexibility index (Phi) is 9.63. The summed E-state index contributed by atoms with van der Waals surface area (Å²) in [4.78, 5) is 0. The van der Waals surface area contributed by atoms with Gasteiger partial charge in [-0.1, -0.05) is 0 Å². The van der Waals surface area contributed by atoms with Crippen LogP contribution in [0.25, 0.3) is 27.5 Å². The Morgan fingerprint density at radius 1 is 0.889 bits per heavy atom. The minimum atomic E-state index is -2.49. The summed E-state index contributed by atoms with van der Waals surface area (Å²) in [6.45, 7) is 25.1. The molecule has 0 amide bonds. The second-order valence-corrected chi connectivity index (χ2v) is 23.4. The van der Waals surface area contributed by atoms with Crippen LogP contribution in [-0.2, 0) is 24.4 Å². The SMILES string of the molecule is C[C](C)=[Zr+2]([C]1=C(c2ccsc2)C=CC1)[C]1(C)c2c3c(c4ccccc4c2C(C)C(C)C1C)-c1cc(C)c(C)c(C)c1C3C.[Cl-].[Cl-]. The summed E-state index contributed by atoms with van der Waals surface area (Å²) >= 11 is -0.659. The normalized spacial score (nSPS) is 24.4. The zero-order valence-electron chi connectivity index (χ0n) is 28.5. The van der Waals surface area contributed by atoms with Crippen LogP contribution < -0.4 is 24.8 Å². The molecule has 1 heterocycles. The van der Waals surface area contributed by atoms with Gasteiger partial charge in [-0.05, 0) is 0 Å². The van der Waals surface area contributed by atoms with E-state index in [2.05, 4.69) is 129 Å². The first kappa shape index (κ1) is 34.8. The fourth-order valence-corrected chi connectivity index (χ4v) is 20.9. The van der Waals surface area contributed by atoms with Gasteiger partial charge in [-0.25, -0.2) is 0 Å². The largest absolute Gasteiger partial charge is 1.00 e. The summed E-state index contributed by atoms with van der Waals surface area (Å²) < 4.78 is 3.72.